The second-order valence-electron chi connectivity index (χ2n) is 8.45. The van der Waals surface area contributed by atoms with E-state index in [0.29, 0.717) is 22.2 Å². The molecule has 0 radical (unpaired) electrons. The lowest BCUT2D eigenvalue weighted by molar-refractivity contribution is -0.137. The first-order chi connectivity index (χ1) is 18.1. The predicted molar refractivity (Wildman–Crippen MR) is 132 cm³/mol. The minimum absolute atomic E-state index is 0.149. The Hall–Kier alpha value is -4.64. The van der Waals surface area contributed by atoms with E-state index in [4.69, 9.17) is 0 Å². The van der Waals surface area contributed by atoms with Crippen LogP contribution in [0, 0.1) is 5.82 Å². The summed E-state index contributed by atoms with van der Waals surface area (Å²) in [5.74, 6) is -2.53. The van der Waals surface area contributed by atoms with Crippen LogP contribution < -0.4 is 5.32 Å². The number of hydrogen-bond donors (Lipinski definition) is 2. The average molecular weight is 521 g/mol. The van der Waals surface area contributed by atoms with Crippen LogP contribution >= 0.6 is 0 Å². The van der Waals surface area contributed by atoms with Gasteiger partial charge in [0.1, 0.15) is 11.6 Å². The number of aliphatic hydroxyl groups is 1. The van der Waals surface area contributed by atoms with Crippen LogP contribution in [0.25, 0.3) is 28.0 Å². The van der Waals surface area contributed by atoms with Gasteiger partial charge >= 0.3 is 6.18 Å². The second kappa shape index (κ2) is 9.67. The molecule has 0 aliphatic carbocycles. The normalized spacial score (nSPS) is 12.5. The molecule has 0 spiro atoms. The molecule has 0 saturated heterocycles. The Morgan fingerprint density at radius 1 is 1.00 bits per heavy atom. The van der Waals surface area contributed by atoms with Crippen molar-refractivity contribution < 1.29 is 27.5 Å². The van der Waals surface area contributed by atoms with Crippen LogP contribution in [0.15, 0.2) is 79.1 Å². The van der Waals surface area contributed by atoms with Gasteiger partial charge in [0.25, 0.3) is 5.91 Å². The fourth-order valence-electron chi connectivity index (χ4n) is 4.02. The van der Waals surface area contributed by atoms with Crippen LogP contribution in [0.2, 0.25) is 0 Å². The lowest BCUT2D eigenvalue weighted by Gasteiger charge is -2.15. The Morgan fingerprint density at radius 3 is 2.37 bits per heavy atom. The van der Waals surface area contributed by atoms with Gasteiger partial charge in [-0.05, 0) is 55.0 Å². The van der Waals surface area contributed by atoms with Crippen LogP contribution in [-0.4, -0.2) is 30.8 Å². The van der Waals surface area contributed by atoms with E-state index in [-0.39, 0.29) is 17.7 Å². The standard InChI is InChI=1S/C27H19F4N5O2/c1-15(37)16-8-9-23-20(12-16)25(36(35-23)17-6-3-2-4-7-17)34-26(38)19-13-18(24-32-10-5-11-33-24)21(14-22(19)28)27(29,30)31/h2-15,37H,1H3,(H,34,38)/t15-/m0/s1. The van der Waals surface area contributed by atoms with Crippen LogP contribution in [0.4, 0.5) is 23.4 Å². The molecule has 0 unspecified atom stereocenters. The molecule has 0 saturated carbocycles. The minimum Gasteiger partial charge on any atom is -0.389 e. The number of para-hydroxylation sites is 1. The number of carbonyl (C=O) groups excluding carboxylic acids is 1. The van der Waals surface area contributed by atoms with Crippen molar-refractivity contribution in [3.63, 3.8) is 0 Å². The highest BCUT2D eigenvalue weighted by atomic mass is 19.4. The van der Waals surface area contributed by atoms with Gasteiger partial charge in [0.2, 0.25) is 0 Å². The van der Waals surface area contributed by atoms with Crippen LogP contribution in [0.5, 0.6) is 0 Å². The number of fused-ring (bicyclic) bond motifs is 1. The molecule has 0 aliphatic heterocycles. The van der Waals surface area contributed by atoms with Crippen molar-refractivity contribution in [1.82, 2.24) is 19.7 Å². The maximum absolute atomic E-state index is 15.0. The van der Waals surface area contributed by atoms with Gasteiger partial charge in [0, 0.05) is 23.3 Å². The Kier molecular flexibility index (Phi) is 6.37. The summed E-state index contributed by atoms with van der Waals surface area (Å²) in [4.78, 5) is 21.1. The van der Waals surface area contributed by atoms with Crippen molar-refractivity contribution in [2.75, 3.05) is 5.32 Å². The lowest BCUT2D eigenvalue weighted by atomic mass is 10.0. The van der Waals surface area contributed by atoms with E-state index in [1.54, 1.807) is 55.5 Å². The van der Waals surface area contributed by atoms with Crippen molar-refractivity contribution in [3.05, 3.63) is 102 Å². The molecule has 0 bridgehead atoms. The SMILES string of the molecule is C[C@H](O)c1ccc2nn(-c3ccccc3)c(NC(=O)c3cc(-c4ncccn4)c(C(F)(F)F)cc3F)c2c1. The fraction of sp³-hybridized carbons (Fsp3) is 0.111. The van der Waals surface area contributed by atoms with Crippen LogP contribution in [-0.2, 0) is 6.18 Å². The minimum atomic E-state index is -4.91. The molecule has 1 atom stereocenters. The number of alkyl halides is 3. The van der Waals surface area contributed by atoms with Crippen LogP contribution in [0.3, 0.4) is 0 Å². The number of nitrogens with zero attached hydrogens (tertiary/aromatic N) is 4. The molecule has 2 heterocycles. The van der Waals surface area contributed by atoms with E-state index < -0.39 is 40.7 Å². The monoisotopic (exact) mass is 521 g/mol. The largest absolute Gasteiger partial charge is 0.417 e. The van der Waals surface area contributed by atoms with Gasteiger partial charge in [-0.3, -0.25) is 4.79 Å². The lowest BCUT2D eigenvalue weighted by Crippen LogP contribution is -2.18. The number of anilines is 1. The molecule has 2 N–H and O–H groups in total. The maximum Gasteiger partial charge on any atom is 0.417 e. The molecule has 192 valence electrons. The molecule has 7 nitrogen and oxygen atoms in total. The molecule has 5 aromatic rings. The molecule has 5 rings (SSSR count). The maximum atomic E-state index is 15.0. The van der Waals surface area contributed by atoms with Gasteiger partial charge in [-0.2, -0.15) is 18.3 Å². The number of benzene rings is 3. The Morgan fingerprint density at radius 2 is 1.71 bits per heavy atom. The van der Waals surface area contributed by atoms with Crippen molar-refractivity contribution >= 4 is 22.6 Å². The summed E-state index contributed by atoms with van der Waals surface area (Å²) < 4.78 is 57.6. The van der Waals surface area contributed by atoms with E-state index >= 15 is 4.39 Å². The highest BCUT2D eigenvalue weighted by Gasteiger charge is 2.36. The third kappa shape index (κ3) is 4.71. The van der Waals surface area contributed by atoms with Gasteiger partial charge in [0.05, 0.1) is 28.4 Å². The average Bonchev–Trinajstić information content (AvgIpc) is 3.26. The third-order valence-electron chi connectivity index (χ3n) is 5.87. The first kappa shape index (κ1) is 25.0. The van der Waals surface area contributed by atoms with Crippen molar-refractivity contribution in [2.45, 2.75) is 19.2 Å². The quantitative estimate of drug-likeness (QED) is 0.279. The first-order valence-electron chi connectivity index (χ1n) is 11.4. The Balaban J connectivity index is 1.65. The van der Waals surface area contributed by atoms with E-state index in [2.05, 4.69) is 20.4 Å². The zero-order chi connectivity index (χ0) is 27.0. The second-order valence-corrected chi connectivity index (χ2v) is 8.45. The Bertz CT molecular complexity index is 1630. The molecular formula is C27H19F4N5O2. The number of amides is 1. The smallest absolute Gasteiger partial charge is 0.389 e. The highest BCUT2D eigenvalue weighted by Crippen LogP contribution is 2.38. The third-order valence-corrected chi connectivity index (χ3v) is 5.87. The van der Waals surface area contributed by atoms with Gasteiger partial charge in [-0.15, -0.1) is 0 Å². The Labute approximate surface area is 213 Å². The number of carbonyl (C=O) groups is 1. The molecule has 11 heteroatoms. The number of aromatic nitrogens is 4. The fourth-order valence-corrected chi connectivity index (χ4v) is 4.02. The zero-order valence-electron chi connectivity index (χ0n) is 19.7. The summed E-state index contributed by atoms with van der Waals surface area (Å²) >= 11 is 0. The molecule has 2 aromatic heterocycles. The van der Waals surface area contributed by atoms with E-state index in [1.807, 2.05) is 0 Å². The van der Waals surface area contributed by atoms with E-state index in [1.165, 1.54) is 23.1 Å². The predicted octanol–water partition coefficient (Wildman–Crippen LogP) is 5.95. The number of nitrogens with one attached hydrogen (secondary N) is 1. The van der Waals surface area contributed by atoms with Gasteiger partial charge in [0.15, 0.2) is 5.82 Å². The summed E-state index contributed by atoms with van der Waals surface area (Å²) in [6.45, 7) is 1.58. The van der Waals surface area contributed by atoms with Gasteiger partial charge < -0.3 is 10.4 Å². The van der Waals surface area contributed by atoms with Crippen molar-refractivity contribution in [2.24, 2.45) is 0 Å². The molecule has 0 aliphatic rings. The number of aliphatic hydroxyl groups excluding tert-OH is 1. The molecular weight excluding hydrogens is 502 g/mol. The summed E-state index contributed by atoms with van der Waals surface area (Å²) in [6, 6.07) is 16.2. The van der Waals surface area contributed by atoms with Crippen molar-refractivity contribution in [3.8, 4) is 17.1 Å². The van der Waals surface area contributed by atoms with Crippen molar-refractivity contribution in [1.29, 1.82) is 0 Å². The summed E-state index contributed by atoms with van der Waals surface area (Å²) in [5.41, 5.74) is -0.892. The van der Waals surface area contributed by atoms with E-state index in [0.717, 1.165) is 6.07 Å². The number of rotatable bonds is 5. The molecule has 3 aromatic carbocycles. The molecule has 1 amide bonds. The number of hydrogen-bond acceptors (Lipinski definition) is 5. The first-order valence-corrected chi connectivity index (χ1v) is 11.4. The van der Waals surface area contributed by atoms with Crippen LogP contribution in [0.1, 0.15) is 34.5 Å². The number of halogens is 4. The highest BCUT2D eigenvalue weighted by molar-refractivity contribution is 6.09. The molecule has 38 heavy (non-hydrogen) atoms. The molecule has 0 fully saturated rings. The topological polar surface area (TPSA) is 92.9 Å². The van der Waals surface area contributed by atoms with E-state index in [9.17, 15) is 23.1 Å². The zero-order valence-corrected chi connectivity index (χ0v) is 19.7. The van der Waals surface area contributed by atoms with Gasteiger partial charge in [-0.25, -0.2) is 19.0 Å². The summed E-state index contributed by atoms with van der Waals surface area (Å²) in [7, 11) is 0. The summed E-state index contributed by atoms with van der Waals surface area (Å²) in [6.07, 6.45) is -3.24. The summed E-state index contributed by atoms with van der Waals surface area (Å²) in [5, 5.41) is 17.6. The van der Waals surface area contributed by atoms with Gasteiger partial charge in [-0.1, -0.05) is 24.3 Å².